The second-order valence-corrected chi connectivity index (χ2v) is 8.57. The van der Waals surface area contributed by atoms with E-state index in [1.54, 1.807) is 4.90 Å². The van der Waals surface area contributed by atoms with E-state index in [1.807, 2.05) is 34.6 Å². The molecule has 4 nitrogen and oxygen atoms in total. The van der Waals surface area contributed by atoms with E-state index in [1.165, 1.54) is 11.1 Å². The molecule has 1 N–H and O–H groups in total. The summed E-state index contributed by atoms with van der Waals surface area (Å²) in [5.74, 6) is 0. The van der Waals surface area contributed by atoms with Gasteiger partial charge in [0.05, 0.1) is 0 Å². The summed E-state index contributed by atoms with van der Waals surface area (Å²) in [6, 6.07) is 6.99. The van der Waals surface area contributed by atoms with Crippen LogP contribution in [0.1, 0.15) is 58.2 Å². The second-order valence-electron chi connectivity index (χ2n) is 7.66. The fraction of sp³-hybridized carbons (Fsp3) is 0.632. The third-order valence-corrected chi connectivity index (χ3v) is 4.67. The Morgan fingerprint density at radius 1 is 1.42 bits per heavy atom. The molecule has 5 heteroatoms. The molecule has 24 heavy (non-hydrogen) atoms. The Morgan fingerprint density at radius 3 is 2.75 bits per heavy atom. The van der Waals surface area contributed by atoms with E-state index in [0.29, 0.717) is 12.6 Å². The molecular weight excluding hydrogens is 368 g/mol. The normalized spacial score (nSPS) is 17.0. The van der Waals surface area contributed by atoms with Gasteiger partial charge in [0.1, 0.15) is 5.60 Å². The van der Waals surface area contributed by atoms with E-state index in [9.17, 15) is 4.79 Å². The van der Waals surface area contributed by atoms with Crippen LogP contribution < -0.4 is 5.32 Å². The van der Waals surface area contributed by atoms with Gasteiger partial charge in [-0.1, -0.05) is 22.0 Å². The summed E-state index contributed by atoms with van der Waals surface area (Å²) in [4.78, 5) is 14.1. The summed E-state index contributed by atoms with van der Waals surface area (Å²) in [7, 11) is 0. The van der Waals surface area contributed by atoms with Crippen LogP contribution in [0.15, 0.2) is 22.7 Å². The average molecular weight is 397 g/mol. The number of carbonyl (C=O) groups excluding carboxylic acids is 1. The van der Waals surface area contributed by atoms with Gasteiger partial charge in [-0.25, -0.2) is 4.79 Å². The molecule has 0 bridgehead atoms. The minimum absolute atomic E-state index is 0.119. The molecule has 0 spiro atoms. The van der Waals surface area contributed by atoms with Crippen molar-refractivity contribution in [1.82, 2.24) is 10.2 Å². The minimum Gasteiger partial charge on any atom is -0.444 e. The fourth-order valence-electron chi connectivity index (χ4n) is 3.04. The zero-order valence-electron chi connectivity index (χ0n) is 15.4. The summed E-state index contributed by atoms with van der Waals surface area (Å²) < 4.78 is 6.64. The first-order valence-electron chi connectivity index (χ1n) is 8.68. The Hall–Kier alpha value is -1.07. The van der Waals surface area contributed by atoms with Crippen molar-refractivity contribution in [1.29, 1.82) is 0 Å². The van der Waals surface area contributed by atoms with Gasteiger partial charge in [0.15, 0.2) is 0 Å². The van der Waals surface area contributed by atoms with Gasteiger partial charge >= 0.3 is 6.09 Å². The Bertz CT molecular complexity index is 581. The van der Waals surface area contributed by atoms with E-state index >= 15 is 0 Å². The number of halogens is 1. The van der Waals surface area contributed by atoms with E-state index in [2.05, 4.69) is 39.4 Å². The topological polar surface area (TPSA) is 41.6 Å². The fourth-order valence-corrected chi connectivity index (χ4v) is 3.45. The number of carbonyl (C=O) groups is 1. The second kappa shape index (κ2) is 7.87. The van der Waals surface area contributed by atoms with E-state index in [4.69, 9.17) is 4.74 Å². The molecule has 2 rings (SSSR count). The highest BCUT2D eigenvalue weighted by Crippen LogP contribution is 2.32. The lowest BCUT2D eigenvalue weighted by molar-refractivity contribution is 0.0192. The lowest BCUT2D eigenvalue weighted by atomic mass is 10.1. The predicted octanol–water partition coefficient (Wildman–Crippen LogP) is 4.67. The van der Waals surface area contributed by atoms with Crippen molar-refractivity contribution >= 4 is 22.0 Å². The monoisotopic (exact) mass is 396 g/mol. The number of rotatable bonds is 5. The van der Waals surface area contributed by atoms with Gasteiger partial charge in [-0.3, -0.25) is 0 Å². The van der Waals surface area contributed by atoms with E-state index in [-0.39, 0.29) is 12.1 Å². The van der Waals surface area contributed by atoms with Crippen molar-refractivity contribution < 1.29 is 9.53 Å². The summed E-state index contributed by atoms with van der Waals surface area (Å²) in [5.41, 5.74) is 2.33. The lowest BCUT2D eigenvalue weighted by Crippen LogP contribution is -2.44. The van der Waals surface area contributed by atoms with Crippen molar-refractivity contribution in [3.63, 3.8) is 0 Å². The van der Waals surface area contributed by atoms with Crippen LogP contribution in [0.5, 0.6) is 0 Å². The molecule has 1 unspecified atom stereocenters. The Labute approximate surface area is 154 Å². The number of aryl methyl sites for hydroxylation is 1. The molecule has 0 aromatic heterocycles. The van der Waals surface area contributed by atoms with Crippen molar-refractivity contribution in [2.75, 3.05) is 13.1 Å². The van der Waals surface area contributed by atoms with Crippen molar-refractivity contribution in [3.8, 4) is 0 Å². The number of hydrogen-bond acceptors (Lipinski definition) is 3. The molecule has 1 atom stereocenters. The quantitative estimate of drug-likeness (QED) is 0.785. The minimum atomic E-state index is -0.463. The highest BCUT2D eigenvalue weighted by atomic mass is 79.9. The van der Waals surface area contributed by atoms with Gasteiger partial charge in [0.25, 0.3) is 0 Å². The molecule has 1 aliphatic rings. The lowest BCUT2D eigenvalue weighted by Gasteiger charge is -2.30. The van der Waals surface area contributed by atoms with E-state index < -0.39 is 5.60 Å². The maximum Gasteiger partial charge on any atom is 0.410 e. The molecule has 1 aliphatic carbocycles. The third kappa shape index (κ3) is 5.21. The molecule has 1 aromatic rings. The van der Waals surface area contributed by atoms with Crippen LogP contribution in [0.4, 0.5) is 4.79 Å². The number of nitrogens with one attached hydrogen (secondary N) is 1. The van der Waals surface area contributed by atoms with Gasteiger partial charge in [0.2, 0.25) is 0 Å². The molecule has 0 fully saturated rings. The molecule has 0 heterocycles. The zero-order valence-corrected chi connectivity index (χ0v) is 16.9. The van der Waals surface area contributed by atoms with Gasteiger partial charge in [0, 0.05) is 29.6 Å². The Kier molecular flexibility index (Phi) is 6.32. The zero-order chi connectivity index (χ0) is 17.9. The Morgan fingerprint density at radius 2 is 2.12 bits per heavy atom. The number of amides is 1. The van der Waals surface area contributed by atoms with Crippen LogP contribution >= 0.6 is 15.9 Å². The van der Waals surface area contributed by atoms with E-state index in [0.717, 1.165) is 23.9 Å². The smallest absolute Gasteiger partial charge is 0.410 e. The molecular formula is C19H29BrN2O2. The summed E-state index contributed by atoms with van der Waals surface area (Å²) in [6.45, 7) is 11.1. The maximum absolute atomic E-state index is 12.3. The highest BCUT2D eigenvalue weighted by molar-refractivity contribution is 9.10. The standard InChI is InChI=1S/C19H29BrN2O2/c1-13(2)22(18(23)24-19(3,4)5)11-10-21-17-9-6-14-12-15(20)7-8-16(14)17/h7-8,12-13,17,21H,6,9-11H2,1-5H3. The van der Waals surface area contributed by atoms with Gasteiger partial charge in [-0.05, 0) is 70.7 Å². The molecule has 1 amide bonds. The molecule has 0 aliphatic heterocycles. The Balaban J connectivity index is 1.89. The van der Waals surface area contributed by atoms with Crippen molar-refractivity contribution in [3.05, 3.63) is 33.8 Å². The third-order valence-electron chi connectivity index (χ3n) is 4.18. The first-order chi connectivity index (χ1) is 11.2. The average Bonchev–Trinajstić information content (AvgIpc) is 2.83. The number of ether oxygens (including phenoxy) is 1. The van der Waals surface area contributed by atoms with Crippen LogP contribution in [0.25, 0.3) is 0 Å². The first-order valence-corrected chi connectivity index (χ1v) is 9.48. The van der Waals surface area contributed by atoms with Crippen LogP contribution in [0.2, 0.25) is 0 Å². The number of fused-ring (bicyclic) bond motifs is 1. The molecule has 0 saturated carbocycles. The van der Waals surface area contributed by atoms with Crippen LogP contribution in [0.3, 0.4) is 0 Å². The molecule has 134 valence electrons. The van der Waals surface area contributed by atoms with Gasteiger partial charge in [-0.2, -0.15) is 0 Å². The molecule has 0 saturated heterocycles. The molecule has 1 aromatic carbocycles. The summed E-state index contributed by atoms with van der Waals surface area (Å²) in [5, 5.41) is 3.60. The summed E-state index contributed by atoms with van der Waals surface area (Å²) in [6.07, 6.45) is 1.97. The van der Waals surface area contributed by atoms with Crippen molar-refractivity contribution in [2.24, 2.45) is 0 Å². The first kappa shape index (κ1) is 19.3. The summed E-state index contributed by atoms with van der Waals surface area (Å²) >= 11 is 3.53. The van der Waals surface area contributed by atoms with Crippen molar-refractivity contribution in [2.45, 2.75) is 65.1 Å². The predicted molar refractivity (Wildman–Crippen MR) is 101 cm³/mol. The van der Waals surface area contributed by atoms with Gasteiger partial charge in [-0.15, -0.1) is 0 Å². The number of hydrogen-bond donors (Lipinski definition) is 1. The largest absolute Gasteiger partial charge is 0.444 e. The van der Waals surface area contributed by atoms with Crippen LogP contribution in [0, 0.1) is 0 Å². The highest BCUT2D eigenvalue weighted by Gasteiger charge is 2.25. The van der Waals surface area contributed by atoms with Gasteiger partial charge < -0.3 is 15.0 Å². The van der Waals surface area contributed by atoms with Crippen LogP contribution in [-0.2, 0) is 11.2 Å². The SMILES string of the molecule is CC(C)N(CCNC1CCc2cc(Br)ccc21)C(=O)OC(C)(C)C. The maximum atomic E-state index is 12.3. The number of nitrogens with zero attached hydrogens (tertiary/aromatic N) is 1. The molecule has 0 radical (unpaired) electrons. The number of benzene rings is 1. The van der Waals surface area contributed by atoms with Crippen LogP contribution in [-0.4, -0.2) is 35.7 Å².